The lowest BCUT2D eigenvalue weighted by Crippen LogP contribution is -2.34. The van der Waals surface area contributed by atoms with Crippen LogP contribution < -0.4 is 11.1 Å². The molecule has 2 rings (SSSR count). The monoisotopic (exact) mass is 288 g/mol. The molecule has 0 atom stereocenters. The second kappa shape index (κ2) is 8.03. The van der Waals surface area contributed by atoms with E-state index in [1.165, 1.54) is 31.5 Å². The number of likely N-dealkylation sites (tertiary alicyclic amines) is 1. The molecular formula is C17H28N4. The highest BCUT2D eigenvalue weighted by Crippen LogP contribution is 2.15. The summed E-state index contributed by atoms with van der Waals surface area (Å²) in [6, 6.07) is 8.17. The van der Waals surface area contributed by atoms with Gasteiger partial charge in [-0.2, -0.15) is 0 Å². The van der Waals surface area contributed by atoms with Gasteiger partial charge in [0.15, 0.2) is 5.96 Å². The predicted molar refractivity (Wildman–Crippen MR) is 90.7 cm³/mol. The Kier molecular flexibility index (Phi) is 6.05. The lowest BCUT2D eigenvalue weighted by atomic mass is 9.99. The van der Waals surface area contributed by atoms with Crippen molar-refractivity contribution in [2.24, 2.45) is 16.6 Å². The zero-order valence-corrected chi connectivity index (χ0v) is 13.3. The van der Waals surface area contributed by atoms with Crippen LogP contribution in [0.2, 0.25) is 0 Å². The van der Waals surface area contributed by atoms with Crippen molar-refractivity contribution >= 4 is 11.6 Å². The van der Waals surface area contributed by atoms with E-state index in [9.17, 15) is 0 Å². The van der Waals surface area contributed by atoms with E-state index >= 15 is 0 Å². The zero-order chi connectivity index (χ0) is 15.1. The minimum atomic E-state index is 0.506. The van der Waals surface area contributed by atoms with Crippen LogP contribution >= 0.6 is 0 Å². The molecule has 0 saturated carbocycles. The topological polar surface area (TPSA) is 53.6 Å². The van der Waals surface area contributed by atoms with E-state index in [4.69, 9.17) is 5.73 Å². The summed E-state index contributed by atoms with van der Waals surface area (Å²) in [6.07, 6.45) is 3.74. The number of nitrogens with two attached hydrogens (primary N) is 1. The molecule has 0 amide bonds. The second-order valence-electron chi connectivity index (χ2n) is 6.14. The van der Waals surface area contributed by atoms with Gasteiger partial charge in [-0.3, -0.25) is 4.99 Å². The Morgan fingerprint density at radius 3 is 2.62 bits per heavy atom. The van der Waals surface area contributed by atoms with Crippen molar-refractivity contribution in [3.8, 4) is 0 Å². The summed E-state index contributed by atoms with van der Waals surface area (Å²) in [5, 5.41) is 3.13. The van der Waals surface area contributed by atoms with Crippen LogP contribution in [0.15, 0.2) is 29.3 Å². The number of anilines is 1. The Bertz CT molecular complexity index is 444. The maximum Gasteiger partial charge on any atom is 0.193 e. The first kappa shape index (κ1) is 15.8. The van der Waals surface area contributed by atoms with Crippen molar-refractivity contribution in [2.45, 2.75) is 33.1 Å². The highest BCUT2D eigenvalue weighted by atomic mass is 15.1. The van der Waals surface area contributed by atoms with Gasteiger partial charge in [-0.25, -0.2) is 0 Å². The molecule has 4 nitrogen and oxygen atoms in total. The summed E-state index contributed by atoms with van der Waals surface area (Å²) in [7, 11) is 0. The maximum absolute atomic E-state index is 5.91. The number of nitrogens with one attached hydrogen (secondary N) is 1. The molecule has 3 N–H and O–H groups in total. The third kappa shape index (κ3) is 5.76. The highest BCUT2D eigenvalue weighted by molar-refractivity contribution is 5.92. The van der Waals surface area contributed by atoms with E-state index < -0.39 is 0 Å². The summed E-state index contributed by atoms with van der Waals surface area (Å²) >= 11 is 0. The Labute approximate surface area is 128 Å². The van der Waals surface area contributed by atoms with Gasteiger partial charge >= 0.3 is 0 Å². The molecule has 1 fully saturated rings. The average molecular weight is 288 g/mol. The molecule has 1 aromatic rings. The van der Waals surface area contributed by atoms with Crippen LogP contribution in [0.1, 0.15) is 31.7 Å². The number of benzene rings is 1. The molecule has 0 aromatic heterocycles. The van der Waals surface area contributed by atoms with Crippen molar-refractivity contribution in [1.29, 1.82) is 0 Å². The Hall–Kier alpha value is -1.55. The first-order valence-electron chi connectivity index (χ1n) is 7.99. The molecule has 1 saturated heterocycles. The molecule has 0 aliphatic carbocycles. The minimum absolute atomic E-state index is 0.506. The fourth-order valence-electron chi connectivity index (χ4n) is 2.60. The third-order valence-electron chi connectivity index (χ3n) is 4.11. The van der Waals surface area contributed by atoms with Crippen molar-refractivity contribution in [1.82, 2.24) is 4.90 Å². The van der Waals surface area contributed by atoms with Gasteiger partial charge < -0.3 is 16.0 Å². The SMILES string of the molecule is Cc1ccc(NC(N)=NCCCN2CCC(C)CC2)cc1. The van der Waals surface area contributed by atoms with E-state index in [-0.39, 0.29) is 0 Å². The number of nitrogens with zero attached hydrogens (tertiary/aromatic N) is 2. The molecule has 1 heterocycles. The number of aryl methyl sites for hydroxylation is 1. The van der Waals surface area contributed by atoms with E-state index in [1.807, 2.05) is 12.1 Å². The van der Waals surface area contributed by atoms with Gasteiger partial charge in [0.1, 0.15) is 0 Å². The van der Waals surface area contributed by atoms with E-state index in [0.717, 1.165) is 31.1 Å². The van der Waals surface area contributed by atoms with Gasteiger partial charge in [0, 0.05) is 12.2 Å². The van der Waals surface area contributed by atoms with E-state index in [0.29, 0.717) is 5.96 Å². The molecule has 116 valence electrons. The number of hydrogen-bond donors (Lipinski definition) is 2. The zero-order valence-electron chi connectivity index (χ0n) is 13.3. The number of rotatable bonds is 5. The van der Waals surface area contributed by atoms with Crippen LogP contribution in [-0.4, -0.2) is 37.0 Å². The van der Waals surface area contributed by atoms with Gasteiger partial charge in [-0.1, -0.05) is 24.6 Å². The number of guanidine groups is 1. The molecule has 1 aliphatic heterocycles. The fraction of sp³-hybridized carbons (Fsp3) is 0.588. The van der Waals surface area contributed by atoms with Crippen LogP contribution in [0.3, 0.4) is 0 Å². The summed E-state index contributed by atoms with van der Waals surface area (Å²) in [6.45, 7) is 8.82. The van der Waals surface area contributed by atoms with Crippen molar-refractivity contribution in [2.75, 3.05) is 31.5 Å². The van der Waals surface area contributed by atoms with Gasteiger partial charge in [0.05, 0.1) is 0 Å². The minimum Gasteiger partial charge on any atom is -0.370 e. The standard InChI is InChI=1S/C17H28N4/c1-14-4-6-16(7-5-14)20-17(18)19-10-3-11-21-12-8-15(2)9-13-21/h4-7,15H,3,8-13H2,1-2H3,(H3,18,19,20). The number of piperidine rings is 1. The van der Waals surface area contributed by atoms with Gasteiger partial charge in [0.25, 0.3) is 0 Å². The van der Waals surface area contributed by atoms with Crippen LogP contribution in [0.5, 0.6) is 0 Å². The molecule has 4 heteroatoms. The average Bonchev–Trinajstić information content (AvgIpc) is 2.48. The number of hydrogen-bond acceptors (Lipinski definition) is 2. The Morgan fingerprint density at radius 1 is 1.29 bits per heavy atom. The Morgan fingerprint density at radius 2 is 1.95 bits per heavy atom. The predicted octanol–water partition coefficient (Wildman–Crippen LogP) is 2.84. The normalized spacial score (nSPS) is 17.9. The maximum atomic E-state index is 5.91. The lowest BCUT2D eigenvalue weighted by Gasteiger charge is -2.29. The van der Waals surface area contributed by atoms with E-state index in [1.54, 1.807) is 0 Å². The van der Waals surface area contributed by atoms with Gasteiger partial charge in [0.2, 0.25) is 0 Å². The largest absolute Gasteiger partial charge is 0.370 e. The van der Waals surface area contributed by atoms with Crippen molar-refractivity contribution < 1.29 is 0 Å². The third-order valence-corrected chi connectivity index (χ3v) is 4.11. The molecule has 1 aromatic carbocycles. The molecule has 0 unspecified atom stereocenters. The van der Waals surface area contributed by atoms with Crippen LogP contribution in [0.4, 0.5) is 5.69 Å². The van der Waals surface area contributed by atoms with E-state index in [2.05, 4.69) is 41.2 Å². The second-order valence-corrected chi connectivity index (χ2v) is 6.14. The first-order valence-corrected chi connectivity index (χ1v) is 7.99. The lowest BCUT2D eigenvalue weighted by molar-refractivity contribution is 0.192. The van der Waals surface area contributed by atoms with Crippen LogP contribution in [0.25, 0.3) is 0 Å². The quantitative estimate of drug-likeness (QED) is 0.497. The summed E-state index contributed by atoms with van der Waals surface area (Å²) in [4.78, 5) is 6.94. The number of aliphatic imine (C=N–C) groups is 1. The highest BCUT2D eigenvalue weighted by Gasteiger charge is 2.14. The van der Waals surface area contributed by atoms with Crippen molar-refractivity contribution in [3.63, 3.8) is 0 Å². The molecule has 1 aliphatic rings. The molecule has 0 bridgehead atoms. The van der Waals surface area contributed by atoms with Gasteiger partial charge in [-0.05, 0) is 63.9 Å². The smallest absolute Gasteiger partial charge is 0.193 e. The first-order chi connectivity index (χ1) is 10.1. The molecule has 0 radical (unpaired) electrons. The summed E-state index contributed by atoms with van der Waals surface area (Å²) in [5.41, 5.74) is 8.14. The fourth-order valence-corrected chi connectivity index (χ4v) is 2.60. The van der Waals surface area contributed by atoms with Crippen LogP contribution in [0, 0.1) is 12.8 Å². The molecule has 21 heavy (non-hydrogen) atoms. The van der Waals surface area contributed by atoms with Crippen LogP contribution in [-0.2, 0) is 0 Å². The Balaban J connectivity index is 1.65. The molecular weight excluding hydrogens is 260 g/mol. The summed E-state index contributed by atoms with van der Waals surface area (Å²) in [5.74, 6) is 1.40. The van der Waals surface area contributed by atoms with Gasteiger partial charge in [-0.15, -0.1) is 0 Å². The summed E-state index contributed by atoms with van der Waals surface area (Å²) < 4.78 is 0. The molecule has 0 spiro atoms. The van der Waals surface area contributed by atoms with Crippen molar-refractivity contribution in [3.05, 3.63) is 29.8 Å².